The Morgan fingerprint density at radius 2 is 1.86 bits per heavy atom. The number of benzene rings is 1. The summed E-state index contributed by atoms with van der Waals surface area (Å²) in [6.45, 7) is 5.25. The first-order valence-corrected chi connectivity index (χ1v) is 6.89. The fourth-order valence-corrected chi connectivity index (χ4v) is 1.62. The first-order chi connectivity index (χ1) is 10.2. The molecular formula is C16H22N2O4. The number of hydrogen-bond acceptors (Lipinski definition) is 5. The molecule has 0 radical (unpaired) electrons. The normalized spacial score (nSPS) is 12.9. The Kier molecular flexibility index (Phi) is 6.10. The van der Waals surface area contributed by atoms with Gasteiger partial charge in [-0.15, -0.1) is 0 Å². The highest BCUT2D eigenvalue weighted by atomic mass is 16.6. The van der Waals surface area contributed by atoms with Crippen LogP contribution < -0.4 is 10.5 Å². The number of rotatable bonds is 6. The van der Waals surface area contributed by atoms with E-state index in [1.165, 1.54) is 6.21 Å². The van der Waals surface area contributed by atoms with Crippen LogP contribution in [0.1, 0.15) is 32.8 Å². The predicted molar refractivity (Wildman–Crippen MR) is 84.0 cm³/mol. The van der Waals surface area contributed by atoms with E-state index in [0.717, 1.165) is 11.3 Å². The maximum absolute atomic E-state index is 12.1. The second-order valence-corrected chi connectivity index (χ2v) is 5.77. The maximum Gasteiger partial charge on any atom is 0.331 e. The monoisotopic (exact) mass is 306 g/mol. The Labute approximate surface area is 130 Å². The fraction of sp³-hybridized carbons (Fsp3) is 0.438. The van der Waals surface area contributed by atoms with Crippen LogP contribution in [0.15, 0.2) is 29.3 Å². The average Bonchev–Trinajstić information content (AvgIpc) is 2.41. The van der Waals surface area contributed by atoms with E-state index in [-0.39, 0.29) is 6.42 Å². The molecule has 0 aromatic heterocycles. The van der Waals surface area contributed by atoms with E-state index >= 15 is 0 Å². The molecule has 0 heterocycles. The molecule has 2 N–H and O–H groups in total. The largest absolute Gasteiger partial charge is 0.497 e. The Bertz CT molecular complexity index is 544. The van der Waals surface area contributed by atoms with Crippen LogP contribution in [-0.4, -0.2) is 36.8 Å². The van der Waals surface area contributed by atoms with Crippen LogP contribution in [0.5, 0.6) is 5.75 Å². The second-order valence-electron chi connectivity index (χ2n) is 5.77. The van der Waals surface area contributed by atoms with Crippen LogP contribution in [-0.2, 0) is 14.3 Å². The van der Waals surface area contributed by atoms with Crippen molar-refractivity contribution in [3.8, 4) is 5.75 Å². The highest BCUT2D eigenvalue weighted by Crippen LogP contribution is 2.13. The fourth-order valence-electron chi connectivity index (χ4n) is 1.62. The lowest BCUT2D eigenvalue weighted by Crippen LogP contribution is -2.33. The molecule has 0 bridgehead atoms. The molecule has 0 fully saturated rings. The third kappa shape index (κ3) is 6.39. The number of carbonyl (C=O) groups excluding carboxylic acids is 2. The summed E-state index contributed by atoms with van der Waals surface area (Å²) in [5.41, 5.74) is 5.29. The molecule has 6 heteroatoms. The lowest BCUT2D eigenvalue weighted by Gasteiger charge is -2.21. The van der Waals surface area contributed by atoms with Crippen molar-refractivity contribution < 1.29 is 19.1 Å². The number of ether oxygens (including phenoxy) is 2. The number of hydrogen-bond donors (Lipinski definition) is 1. The third-order valence-electron chi connectivity index (χ3n) is 2.59. The van der Waals surface area contributed by atoms with Crippen LogP contribution in [0.25, 0.3) is 0 Å². The number of nitrogens with two attached hydrogens (primary N) is 1. The van der Waals surface area contributed by atoms with Crippen molar-refractivity contribution in [2.24, 2.45) is 10.7 Å². The Morgan fingerprint density at radius 3 is 2.32 bits per heavy atom. The SMILES string of the molecule is COc1ccc(C=N[C@@H](CC(N)=O)C(=O)OC(C)(C)C)cc1. The lowest BCUT2D eigenvalue weighted by molar-refractivity contribution is -0.157. The molecule has 0 aliphatic heterocycles. The molecule has 1 atom stereocenters. The van der Waals surface area contributed by atoms with Crippen molar-refractivity contribution in [1.82, 2.24) is 0 Å². The van der Waals surface area contributed by atoms with Crippen molar-refractivity contribution in [3.63, 3.8) is 0 Å². The van der Waals surface area contributed by atoms with Gasteiger partial charge in [0, 0.05) is 6.21 Å². The van der Waals surface area contributed by atoms with E-state index in [1.807, 2.05) is 0 Å². The summed E-state index contributed by atoms with van der Waals surface area (Å²) in [4.78, 5) is 27.3. The quantitative estimate of drug-likeness (QED) is 0.639. The van der Waals surface area contributed by atoms with Gasteiger partial charge in [-0.2, -0.15) is 0 Å². The standard InChI is InChI=1S/C16H22N2O4/c1-16(2,3)22-15(20)13(9-14(17)19)18-10-11-5-7-12(21-4)8-6-11/h5-8,10,13H,9H2,1-4H3,(H2,17,19)/t13-/m0/s1. The van der Waals surface area contributed by atoms with Crippen LogP contribution in [0, 0.1) is 0 Å². The number of primary amides is 1. The minimum absolute atomic E-state index is 0.193. The number of aliphatic imine (C=N–C) groups is 1. The Hall–Kier alpha value is -2.37. The summed E-state index contributed by atoms with van der Waals surface area (Å²) >= 11 is 0. The lowest BCUT2D eigenvalue weighted by atomic mass is 10.1. The highest BCUT2D eigenvalue weighted by molar-refractivity contribution is 5.88. The van der Waals surface area contributed by atoms with Gasteiger partial charge in [0.25, 0.3) is 0 Å². The summed E-state index contributed by atoms with van der Waals surface area (Å²) in [6.07, 6.45) is 1.32. The first kappa shape index (κ1) is 17.7. The van der Waals surface area contributed by atoms with Gasteiger partial charge in [-0.05, 0) is 50.6 Å². The molecule has 1 amide bonds. The summed E-state index contributed by atoms with van der Waals surface area (Å²) in [5.74, 6) is -0.461. The van der Waals surface area contributed by atoms with E-state index in [0.29, 0.717) is 0 Å². The molecule has 1 aromatic rings. The molecule has 6 nitrogen and oxygen atoms in total. The number of amides is 1. The van der Waals surface area contributed by atoms with Crippen molar-refractivity contribution >= 4 is 18.1 Å². The van der Waals surface area contributed by atoms with Crippen molar-refractivity contribution in [1.29, 1.82) is 0 Å². The van der Waals surface area contributed by atoms with E-state index in [9.17, 15) is 9.59 Å². The summed E-state index contributed by atoms with van der Waals surface area (Å²) in [5, 5.41) is 0. The number of carbonyl (C=O) groups is 2. The molecule has 0 saturated carbocycles. The van der Waals surface area contributed by atoms with Crippen LogP contribution >= 0.6 is 0 Å². The molecule has 1 rings (SSSR count). The van der Waals surface area contributed by atoms with Crippen molar-refractivity contribution in [2.75, 3.05) is 7.11 Å². The van der Waals surface area contributed by atoms with Crippen molar-refractivity contribution in [3.05, 3.63) is 29.8 Å². The minimum atomic E-state index is -0.946. The smallest absolute Gasteiger partial charge is 0.331 e. The van der Waals surface area contributed by atoms with E-state index in [1.54, 1.807) is 52.1 Å². The van der Waals surface area contributed by atoms with Crippen LogP contribution in [0.2, 0.25) is 0 Å². The van der Waals surface area contributed by atoms with Crippen LogP contribution in [0.3, 0.4) is 0 Å². The summed E-state index contributed by atoms with van der Waals surface area (Å²) in [7, 11) is 1.58. The highest BCUT2D eigenvalue weighted by Gasteiger charge is 2.25. The number of nitrogens with zero attached hydrogens (tertiary/aromatic N) is 1. The van der Waals surface area contributed by atoms with Crippen molar-refractivity contribution in [2.45, 2.75) is 38.8 Å². The molecule has 22 heavy (non-hydrogen) atoms. The van der Waals surface area contributed by atoms with Gasteiger partial charge < -0.3 is 15.2 Å². The van der Waals surface area contributed by atoms with E-state index in [4.69, 9.17) is 15.2 Å². The van der Waals surface area contributed by atoms with E-state index in [2.05, 4.69) is 4.99 Å². The molecular weight excluding hydrogens is 284 g/mol. The zero-order valence-corrected chi connectivity index (χ0v) is 13.3. The van der Waals surface area contributed by atoms with Gasteiger partial charge >= 0.3 is 5.97 Å². The molecule has 1 aromatic carbocycles. The van der Waals surface area contributed by atoms with Crippen LogP contribution in [0.4, 0.5) is 0 Å². The average molecular weight is 306 g/mol. The van der Waals surface area contributed by atoms with Gasteiger partial charge in [-0.1, -0.05) is 0 Å². The van der Waals surface area contributed by atoms with Gasteiger partial charge in [0.1, 0.15) is 11.4 Å². The minimum Gasteiger partial charge on any atom is -0.497 e. The molecule has 0 unspecified atom stereocenters. The number of methoxy groups -OCH3 is 1. The van der Waals surface area contributed by atoms with Gasteiger partial charge in [0.15, 0.2) is 6.04 Å². The predicted octanol–water partition coefficient (Wildman–Crippen LogP) is 1.70. The molecule has 0 aliphatic rings. The topological polar surface area (TPSA) is 91.0 Å². The van der Waals surface area contributed by atoms with Gasteiger partial charge in [0.05, 0.1) is 13.5 Å². The molecule has 0 spiro atoms. The molecule has 120 valence electrons. The zero-order valence-electron chi connectivity index (χ0n) is 13.3. The van der Waals surface area contributed by atoms with Gasteiger partial charge in [-0.25, -0.2) is 4.79 Å². The van der Waals surface area contributed by atoms with E-state index < -0.39 is 23.5 Å². The zero-order chi connectivity index (χ0) is 16.8. The first-order valence-electron chi connectivity index (χ1n) is 6.89. The van der Waals surface area contributed by atoms with Gasteiger partial charge in [0.2, 0.25) is 5.91 Å². The maximum atomic E-state index is 12.1. The Balaban J connectivity index is 2.85. The summed E-state index contributed by atoms with van der Waals surface area (Å²) in [6, 6.07) is 6.19. The Morgan fingerprint density at radius 1 is 1.27 bits per heavy atom. The van der Waals surface area contributed by atoms with Gasteiger partial charge in [-0.3, -0.25) is 9.79 Å². The molecule has 0 saturated heterocycles. The number of esters is 1. The molecule has 0 aliphatic carbocycles. The summed E-state index contributed by atoms with van der Waals surface area (Å²) < 4.78 is 10.3. The third-order valence-corrected chi connectivity index (χ3v) is 2.59. The second kappa shape index (κ2) is 7.59.